The number of hydrogen-bond donors (Lipinski definition) is 1. The van der Waals surface area contributed by atoms with E-state index >= 15 is 0 Å². The molecule has 0 unspecified atom stereocenters. The molecule has 3 heteroatoms. The maximum Gasteiger partial charge on any atom is 0.192 e. The fraction of sp³-hybridized carbons (Fsp3) is 0.529. The average Bonchev–Trinajstić information content (AvgIpc) is 2.35. The highest BCUT2D eigenvalue weighted by molar-refractivity contribution is 6.74. The van der Waals surface area contributed by atoms with Crippen LogP contribution in [0.3, 0.4) is 0 Å². The van der Waals surface area contributed by atoms with Crippen molar-refractivity contribution in [3.05, 3.63) is 29.3 Å². The van der Waals surface area contributed by atoms with E-state index in [1.165, 1.54) is 0 Å². The lowest BCUT2D eigenvalue weighted by Gasteiger charge is -2.36. The Morgan fingerprint density at radius 3 is 2.45 bits per heavy atom. The van der Waals surface area contributed by atoms with Gasteiger partial charge in [-0.15, -0.1) is 0 Å². The van der Waals surface area contributed by atoms with Crippen LogP contribution in [0.2, 0.25) is 18.1 Å². The number of anilines is 1. The smallest absolute Gasteiger partial charge is 0.192 e. The zero-order valence-electron chi connectivity index (χ0n) is 13.6. The van der Waals surface area contributed by atoms with Gasteiger partial charge in [0, 0.05) is 23.2 Å². The van der Waals surface area contributed by atoms with Gasteiger partial charge in [-0.2, -0.15) is 0 Å². The number of benzene rings is 1. The molecule has 0 spiro atoms. The third-order valence-electron chi connectivity index (χ3n) is 3.95. The van der Waals surface area contributed by atoms with Crippen LogP contribution in [0.4, 0.5) is 5.69 Å². The first-order valence-electron chi connectivity index (χ1n) is 7.18. The maximum atomic E-state index is 6.23. The van der Waals surface area contributed by atoms with E-state index in [4.69, 9.17) is 10.2 Å². The van der Waals surface area contributed by atoms with Crippen LogP contribution < -0.4 is 5.73 Å². The van der Waals surface area contributed by atoms with Crippen LogP contribution in [-0.2, 0) is 11.0 Å². The Hall–Kier alpha value is -1.24. The van der Waals surface area contributed by atoms with Crippen LogP contribution in [0.5, 0.6) is 0 Å². The van der Waals surface area contributed by atoms with Crippen molar-refractivity contribution in [2.24, 2.45) is 0 Å². The molecule has 1 rings (SSSR count). The number of rotatable bonds is 3. The van der Waals surface area contributed by atoms with Crippen molar-refractivity contribution in [3.63, 3.8) is 0 Å². The molecule has 0 aliphatic carbocycles. The van der Waals surface area contributed by atoms with E-state index in [2.05, 4.69) is 45.7 Å². The Bertz CT molecular complexity index is 518. The first kappa shape index (κ1) is 16.8. The molecule has 0 atom stereocenters. The SMILES string of the molecule is CCC#Cc1ccc(N)c(CO[Si](C)(C)C(C)(C)C)c1. The van der Waals surface area contributed by atoms with Crippen molar-refractivity contribution >= 4 is 14.0 Å². The van der Waals surface area contributed by atoms with E-state index < -0.39 is 8.32 Å². The van der Waals surface area contributed by atoms with Gasteiger partial charge in [-0.3, -0.25) is 0 Å². The average molecular weight is 289 g/mol. The minimum Gasteiger partial charge on any atom is -0.412 e. The molecule has 0 aliphatic rings. The Morgan fingerprint density at radius 1 is 1.25 bits per heavy atom. The van der Waals surface area contributed by atoms with Gasteiger partial charge < -0.3 is 10.2 Å². The van der Waals surface area contributed by atoms with Gasteiger partial charge in [0.25, 0.3) is 0 Å². The fourth-order valence-electron chi connectivity index (χ4n) is 1.47. The standard InChI is InChI=1S/C17H27NOSi/c1-7-8-9-14-10-11-16(18)15(12-14)13-19-20(5,6)17(2,3)4/h10-12H,7,13,18H2,1-6H3. The Balaban J connectivity index is 2.87. The molecule has 0 saturated carbocycles. The molecule has 0 fully saturated rings. The van der Waals surface area contributed by atoms with Crippen molar-refractivity contribution < 1.29 is 4.43 Å². The third-order valence-corrected chi connectivity index (χ3v) is 8.43. The molecule has 1 aromatic rings. The van der Waals surface area contributed by atoms with Crippen molar-refractivity contribution in [2.45, 2.75) is 58.9 Å². The molecule has 0 heterocycles. The highest BCUT2D eigenvalue weighted by Crippen LogP contribution is 2.37. The second-order valence-corrected chi connectivity index (χ2v) is 11.4. The van der Waals surface area contributed by atoms with Crippen molar-refractivity contribution in [2.75, 3.05) is 5.73 Å². The summed E-state index contributed by atoms with van der Waals surface area (Å²) in [7, 11) is -1.74. The monoisotopic (exact) mass is 289 g/mol. The van der Waals surface area contributed by atoms with Crippen LogP contribution in [0.15, 0.2) is 18.2 Å². The molecule has 0 aromatic heterocycles. The Kier molecular flexibility index (Phi) is 5.44. The molecule has 1 aromatic carbocycles. The molecule has 2 nitrogen and oxygen atoms in total. The van der Waals surface area contributed by atoms with Crippen LogP contribution in [0, 0.1) is 11.8 Å². The molecule has 0 saturated heterocycles. The summed E-state index contributed by atoms with van der Waals surface area (Å²) < 4.78 is 6.23. The molecule has 2 N–H and O–H groups in total. The predicted octanol–water partition coefficient (Wildman–Crippen LogP) is 4.55. The highest BCUT2D eigenvalue weighted by Gasteiger charge is 2.37. The van der Waals surface area contributed by atoms with Crippen LogP contribution >= 0.6 is 0 Å². The first-order valence-corrected chi connectivity index (χ1v) is 10.1. The quantitative estimate of drug-likeness (QED) is 0.503. The van der Waals surface area contributed by atoms with Gasteiger partial charge >= 0.3 is 0 Å². The van der Waals surface area contributed by atoms with Crippen molar-refractivity contribution in [1.82, 2.24) is 0 Å². The predicted molar refractivity (Wildman–Crippen MR) is 90.0 cm³/mol. The number of nitrogen functional groups attached to an aromatic ring is 1. The molecule has 0 amide bonds. The van der Waals surface area contributed by atoms with E-state index in [9.17, 15) is 0 Å². The van der Waals surface area contributed by atoms with Gasteiger partial charge in [0.15, 0.2) is 8.32 Å². The lowest BCUT2D eigenvalue weighted by atomic mass is 10.1. The van der Waals surface area contributed by atoms with Crippen LogP contribution in [0.25, 0.3) is 0 Å². The summed E-state index contributed by atoms with van der Waals surface area (Å²) in [5.41, 5.74) is 8.88. The maximum absolute atomic E-state index is 6.23. The molecule has 0 bridgehead atoms. The third kappa shape index (κ3) is 4.40. The van der Waals surface area contributed by atoms with Gasteiger partial charge in [0.1, 0.15) is 0 Å². The van der Waals surface area contributed by atoms with Crippen LogP contribution in [-0.4, -0.2) is 8.32 Å². The van der Waals surface area contributed by atoms with Crippen molar-refractivity contribution in [1.29, 1.82) is 0 Å². The zero-order valence-corrected chi connectivity index (χ0v) is 14.6. The normalized spacial score (nSPS) is 11.9. The summed E-state index contributed by atoms with van der Waals surface area (Å²) in [6.07, 6.45) is 0.861. The summed E-state index contributed by atoms with van der Waals surface area (Å²) in [6, 6.07) is 5.93. The van der Waals surface area contributed by atoms with Crippen molar-refractivity contribution in [3.8, 4) is 11.8 Å². The lowest BCUT2D eigenvalue weighted by Crippen LogP contribution is -2.40. The van der Waals surface area contributed by atoms with E-state index in [1.54, 1.807) is 0 Å². The number of hydrogen-bond acceptors (Lipinski definition) is 2. The molecule has 0 radical (unpaired) electrons. The summed E-state index contributed by atoms with van der Waals surface area (Å²) >= 11 is 0. The molecule has 110 valence electrons. The summed E-state index contributed by atoms with van der Waals surface area (Å²) in [5, 5.41) is 0.210. The van der Waals surface area contributed by atoms with Gasteiger partial charge in [0.2, 0.25) is 0 Å². The summed E-state index contributed by atoms with van der Waals surface area (Å²) in [5.74, 6) is 6.22. The molecule has 20 heavy (non-hydrogen) atoms. The van der Waals surface area contributed by atoms with Gasteiger partial charge in [0.05, 0.1) is 6.61 Å². The Labute approximate surface area is 124 Å². The topological polar surface area (TPSA) is 35.2 Å². The zero-order chi connectivity index (χ0) is 15.4. The van der Waals surface area contributed by atoms with Crippen LogP contribution in [0.1, 0.15) is 45.2 Å². The second-order valence-electron chi connectivity index (χ2n) is 6.62. The van der Waals surface area contributed by atoms with E-state index in [1.807, 2.05) is 25.1 Å². The van der Waals surface area contributed by atoms with Gasteiger partial charge in [-0.25, -0.2) is 0 Å². The van der Waals surface area contributed by atoms with Gasteiger partial charge in [-0.05, 0) is 36.3 Å². The first-order chi connectivity index (χ1) is 9.17. The highest BCUT2D eigenvalue weighted by atomic mass is 28.4. The van der Waals surface area contributed by atoms with E-state index in [0.29, 0.717) is 6.61 Å². The summed E-state index contributed by atoms with van der Waals surface area (Å²) in [4.78, 5) is 0. The Morgan fingerprint density at radius 2 is 1.90 bits per heavy atom. The summed E-state index contributed by atoms with van der Waals surface area (Å²) in [6.45, 7) is 13.9. The van der Waals surface area contributed by atoms with Gasteiger partial charge in [-0.1, -0.05) is 39.5 Å². The molecule has 0 aliphatic heterocycles. The fourth-order valence-corrected chi connectivity index (χ4v) is 2.42. The number of nitrogens with two attached hydrogens (primary N) is 1. The molecular formula is C17H27NOSi. The lowest BCUT2D eigenvalue weighted by molar-refractivity contribution is 0.277. The second kappa shape index (κ2) is 6.47. The van der Waals surface area contributed by atoms with E-state index in [0.717, 1.165) is 23.2 Å². The molecular weight excluding hydrogens is 262 g/mol. The minimum absolute atomic E-state index is 0.210. The van der Waals surface area contributed by atoms with E-state index in [-0.39, 0.29) is 5.04 Å². The largest absolute Gasteiger partial charge is 0.412 e. The minimum atomic E-state index is -1.74.